The molecular weight excluding hydrogens is 330 g/mol. The van der Waals surface area contributed by atoms with E-state index in [0.29, 0.717) is 21.4 Å². The minimum atomic E-state index is -0.151. The second kappa shape index (κ2) is 6.54. The standard InChI is InChI=1S/C18H20ClNO2S/c1-4-7-10-8-14-15(12(6-3)11(10)5-2)20-18(21)13-9-23-17(19)16(13)22-14/h8-9H,4-7H2,1-3H3,(H,20,21). The molecule has 1 N–H and O–H groups in total. The van der Waals surface area contributed by atoms with Gasteiger partial charge in [-0.1, -0.05) is 38.8 Å². The van der Waals surface area contributed by atoms with Crippen LogP contribution in [0.5, 0.6) is 11.5 Å². The van der Waals surface area contributed by atoms with Crippen molar-refractivity contribution in [2.45, 2.75) is 46.5 Å². The first-order valence-electron chi connectivity index (χ1n) is 8.04. The van der Waals surface area contributed by atoms with E-state index in [2.05, 4.69) is 32.2 Å². The molecule has 1 aliphatic heterocycles. The number of benzene rings is 1. The fraction of sp³-hybridized carbons (Fsp3) is 0.389. The third-order valence-electron chi connectivity index (χ3n) is 4.23. The molecule has 0 bridgehead atoms. The number of carbonyl (C=O) groups is 1. The smallest absolute Gasteiger partial charge is 0.260 e. The fourth-order valence-electron chi connectivity index (χ4n) is 3.22. The first-order chi connectivity index (χ1) is 11.1. The van der Waals surface area contributed by atoms with E-state index in [1.807, 2.05) is 0 Å². The van der Waals surface area contributed by atoms with Crippen LogP contribution < -0.4 is 10.1 Å². The quantitative estimate of drug-likeness (QED) is 0.753. The molecule has 122 valence electrons. The summed E-state index contributed by atoms with van der Waals surface area (Å²) < 4.78 is 6.58. The van der Waals surface area contributed by atoms with Gasteiger partial charge in [-0.15, -0.1) is 11.3 Å². The van der Waals surface area contributed by atoms with E-state index in [4.69, 9.17) is 16.3 Å². The van der Waals surface area contributed by atoms with Crippen LogP contribution in [0.2, 0.25) is 4.34 Å². The third kappa shape index (κ3) is 2.74. The summed E-state index contributed by atoms with van der Waals surface area (Å²) in [4.78, 5) is 12.5. The number of rotatable bonds is 4. The normalized spacial score (nSPS) is 13.0. The highest BCUT2D eigenvalue weighted by molar-refractivity contribution is 7.15. The zero-order valence-corrected chi connectivity index (χ0v) is 15.2. The Morgan fingerprint density at radius 2 is 1.96 bits per heavy atom. The monoisotopic (exact) mass is 349 g/mol. The Hall–Kier alpha value is -1.52. The van der Waals surface area contributed by atoms with E-state index >= 15 is 0 Å². The van der Waals surface area contributed by atoms with Gasteiger partial charge < -0.3 is 10.1 Å². The van der Waals surface area contributed by atoms with Crippen LogP contribution in [0.15, 0.2) is 11.4 Å². The van der Waals surface area contributed by atoms with Crippen LogP contribution >= 0.6 is 22.9 Å². The Bertz CT molecular complexity index is 767. The van der Waals surface area contributed by atoms with Gasteiger partial charge in [0.2, 0.25) is 0 Å². The van der Waals surface area contributed by atoms with Crippen LogP contribution in [0, 0.1) is 0 Å². The molecule has 1 amide bonds. The van der Waals surface area contributed by atoms with Crippen LogP contribution in [-0.2, 0) is 19.3 Å². The van der Waals surface area contributed by atoms with Gasteiger partial charge in [0.1, 0.15) is 4.34 Å². The topological polar surface area (TPSA) is 38.3 Å². The van der Waals surface area contributed by atoms with Crippen LogP contribution in [0.3, 0.4) is 0 Å². The molecule has 1 aromatic carbocycles. The van der Waals surface area contributed by atoms with Crippen molar-refractivity contribution in [2.75, 3.05) is 5.32 Å². The van der Waals surface area contributed by atoms with Crippen LogP contribution in [0.25, 0.3) is 0 Å². The number of thiophene rings is 1. The van der Waals surface area contributed by atoms with Crippen molar-refractivity contribution in [3.63, 3.8) is 0 Å². The van der Waals surface area contributed by atoms with Gasteiger partial charge in [-0.05, 0) is 42.0 Å². The molecule has 0 fully saturated rings. The van der Waals surface area contributed by atoms with Crippen molar-refractivity contribution in [1.82, 2.24) is 0 Å². The summed E-state index contributed by atoms with van der Waals surface area (Å²) in [5.74, 6) is 1.03. The number of nitrogens with one attached hydrogen (secondary N) is 1. The summed E-state index contributed by atoms with van der Waals surface area (Å²) >= 11 is 7.53. The maximum atomic E-state index is 12.5. The van der Waals surface area contributed by atoms with Crippen molar-refractivity contribution in [2.24, 2.45) is 0 Å². The second-order valence-electron chi connectivity index (χ2n) is 5.63. The minimum Gasteiger partial charge on any atom is -0.452 e. The highest BCUT2D eigenvalue weighted by atomic mass is 35.5. The predicted octanol–water partition coefficient (Wildman–Crippen LogP) is 5.84. The van der Waals surface area contributed by atoms with Crippen molar-refractivity contribution in [1.29, 1.82) is 0 Å². The number of anilines is 1. The molecule has 0 spiro atoms. The summed E-state index contributed by atoms with van der Waals surface area (Å²) in [5, 5.41) is 4.79. The number of hydrogen-bond donors (Lipinski definition) is 1. The first-order valence-corrected chi connectivity index (χ1v) is 9.30. The number of hydrogen-bond acceptors (Lipinski definition) is 3. The Morgan fingerprint density at radius 3 is 2.61 bits per heavy atom. The number of fused-ring (bicyclic) bond motifs is 2. The van der Waals surface area contributed by atoms with Gasteiger partial charge >= 0.3 is 0 Å². The molecule has 2 heterocycles. The van der Waals surface area contributed by atoms with Crippen molar-refractivity contribution in [3.05, 3.63) is 38.0 Å². The average Bonchev–Trinajstić information content (AvgIpc) is 2.83. The van der Waals surface area contributed by atoms with E-state index in [-0.39, 0.29) is 5.91 Å². The highest BCUT2D eigenvalue weighted by Gasteiger charge is 2.27. The van der Waals surface area contributed by atoms with E-state index in [1.165, 1.54) is 28.0 Å². The molecule has 1 aromatic heterocycles. The fourth-order valence-corrected chi connectivity index (χ4v) is 4.19. The van der Waals surface area contributed by atoms with Crippen LogP contribution in [-0.4, -0.2) is 5.91 Å². The Labute approximate surface area is 145 Å². The molecule has 3 nitrogen and oxygen atoms in total. The lowest BCUT2D eigenvalue weighted by Gasteiger charge is -2.19. The van der Waals surface area contributed by atoms with Gasteiger partial charge in [0, 0.05) is 5.38 Å². The highest BCUT2D eigenvalue weighted by Crippen LogP contribution is 2.45. The summed E-state index contributed by atoms with van der Waals surface area (Å²) in [6.45, 7) is 6.45. The Morgan fingerprint density at radius 1 is 1.22 bits per heavy atom. The van der Waals surface area contributed by atoms with Gasteiger partial charge in [0.15, 0.2) is 11.5 Å². The summed E-state index contributed by atoms with van der Waals surface area (Å²) in [5.41, 5.74) is 5.11. The lowest BCUT2D eigenvalue weighted by atomic mass is 9.92. The molecule has 0 radical (unpaired) electrons. The number of amides is 1. The van der Waals surface area contributed by atoms with Gasteiger partial charge in [0.25, 0.3) is 5.91 Å². The third-order valence-corrected chi connectivity index (χ3v) is 5.42. The van der Waals surface area contributed by atoms with Crippen LogP contribution in [0.4, 0.5) is 5.69 Å². The number of halogens is 1. The molecule has 1 aliphatic rings. The van der Waals surface area contributed by atoms with E-state index in [9.17, 15) is 4.79 Å². The van der Waals surface area contributed by atoms with Gasteiger partial charge in [-0.25, -0.2) is 0 Å². The second-order valence-corrected chi connectivity index (χ2v) is 7.11. The average molecular weight is 350 g/mol. The summed E-state index contributed by atoms with van der Waals surface area (Å²) in [7, 11) is 0. The maximum absolute atomic E-state index is 12.5. The molecule has 0 aliphatic carbocycles. The maximum Gasteiger partial charge on any atom is 0.260 e. The molecule has 5 heteroatoms. The molecule has 0 atom stereocenters. The summed E-state index contributed by atoms with van der Waals surface area (Å²) in [6, 6.07) is 2.07. The Kier molecular flexibility index (Phi) is 4.64. The molecule has 0 saturated carbocycles. The Balaban J connectivity index is 2.22. The minimum absolute atomic E-state index is 0.151. The lowest BCUT2D eigenvalue weighted by Crippen LogP contribution is -2.12. The van der Waals surface area contributed by atoms with E-state index in [0.717, 1.165) is 31.4 Å². The molecule has 0 unspecified atom stereocenters. The molecule has 0 saturated heterocycles. The van der Waals surface area contributed by atoms with E-state index in [1.54, 1.807) is 5.38 Å². The van der Waals surface area contributed by atoms with Crippen LogP contribution in [0.1, 0.15) is 54.2 Å². The SMILES string of the molecule is CCCc1cc2c(c(CC)c1CC)NC(=O)c1csc(Cl)c1O2. The van der Waals surface area contributed by atoms with Crippen molar-refractivity contribution >= 4 is 34.5 Å². The van der Waals surface area contributed by atoms with Crippen molar-refractivity contribution < 1.29 is 9.53 Å². The lowest BCUT2D eigenvalue weighted by molar-refractivity contribution is 0.102. The number of aryl methyl sites for hydroxylation is 1. The molecule has 2 aromatic rings. The number of carbonyl (C=O) groups excluding carboxylic acids is 1. The molecular formula is C18H20ClNO2S. The van der Waals surface area contributed by atoms with Gasteiger partial charge in [-0.3, -0.25) is 4.79 Å². The largest absolute Gasteiger partial charge is 0.452 e. The molecule has 23 heavy (non-hydrogen) atoms. The zero-order valence-electron chi connectivity index (χ0n) is 13.6. The summed E-state index contributed by atoms with van der Waals surface area (Å²) in [6.07, 6.45) is 3.88. The predicted molar refractivity (Wildman–Crippen MR) is 96.5 cm³/mol. The zero-order chi connectivity index (χ0) is 16.6. The van der Waals surface area contributed by atoms with E-state index < -0.39 is 0 Å². The number of ether oxygens (including phenoxy) is 1. The van der Waals surface area contributed by atoms with Crippen molar-refractivity contribution in [3.8, 4) is 11.5 Å². The van der Waals surface area contributed by atoms with Gasteiger partial charge in [-0.2, -0.15) is 0 Å². The molecule has 3 rings (SSSR count). The van der Waals surface area contributed by atoms with Gasteiger partial charge in [0.05, 0.1) is 11.3 Å². The first kappa shape index (κ1) is 16.3.